The number of hydrogen-bond donors (Lipinski definition) is 2. The molecule has 3 N–H and O–H groups in total. The van der Waals surface area contributed by atoms with E-state index in [-0.39, 0.29) is 12.6 Å². The van der Waals surface area contributed by atoms with Gasteiger partial charge in [0, 0.05) is 5.75 Å². The fourth-order valence-electron chi connectivity index (χ4n) is 0.853. The van der Waals surface area contributed by atoms with E-state index in [0.717, 1.165) is 0 Å². The molecule has 0 radical (unpaired) electrons. The summed E-state index contributed by atoms with van der Waals surface area (Å²) in [4.78, 5) is 0. The van der Waals surface area contributed by atoms with Crippen LogP contribution in [0.5, 0.6) is 0 Å². The Labute approximate surface area is 82.5 Å². The molecule has 0 spiro atoms. The average Bonchev–Trinajstić information content (AvgIpc) is 2.57. The second-order valence-corrected chi connectivity index (χ2v) is 3.39. The Hall–Kier alpha value is -1.48. The van der Waals surface area contributed by atoms with Crippen molar-refractivity contribution in [2.75, 3.05) is 18.1 Å². The van der Waals surface area contributed by atoms with E-state index in [1.54, 1.807) is 0 Å². The first-order chi connectivity index (χ1) is 6.81. The largest absolute Gasteiger partial charge is 0.396 e. The zero-order chi connectivity index (χ0) is 9.97. The third-order valence-electron chi connectivity index (χ3n) is 1.36. The molecule has 14 heavy (non-hydrogen) atoms. The van der Waals surface area contributed by atoms with Gasteiger partial charge in [0.1, 0.15) is 0 Å². The fourth-order valence-corrected chi connectivity index (χ4v) is 1.47. The molecular formula is C5H7N7OS. The van der Waals surface area contributed by atoms with Gasteiger partial charge in [0.2, 0.25) is 5.16 Å². The van der Waals surface area contributed by atoms with Gasteiger partial charge >= 0.3 is 0 Å². The molecule has 0 fully saturated rings. The summed E-state index contributed by atoms with van der Waals surface area (Å²) >= 11 is 1.32. The minimum absolute atomic E-state index is 0.0585. The maximum absolute atomic E-state index is 8.64. The maximum Gasteiger partial charge on any atom is 0.291 e. The van der Waals surface area contributed by atoms with Gasteiger partial charge in [-0.25, -0.2) is 0 Å². The van der Waals surface area contributed by atoms with Crippen molar-refractivity contribution in [2.24, 2.45) is 0 Å². The predicted molar refractivity (Wildman–Crippen MR) is 48.6 cm³/mol. The Morgan fingerprint density at radius 1 is 1.29 bits per heavy atom. The summed E-state index contributed by atoms with van der Waals surface area (Å²) in [7, 11) is 0. The molecule has 2 heterocycles. The molecule has 74 valence electrons. The van der Waals surface area contributed by atoms with Crippen molar-refractivity contribution in [1.82, 2.24) is 30.0 Å². The SMILES string of the molecule is Nc1nnc2nnc(SCCO)n2n1. The van der Waals surface area contributed by atoms with Gasteiger partial charge in [0.05, 0.1) is 6.61 Å². The van der Waals surface area contributed by atoms with Crippen molar-refractivity contribution < 1.29 is 5.11 Å². The van der Waals surface area contributed by atoms with E-state index < -0.39 is 0 Å². The van der Waals surface area contributed by atoms with Gasteiger partial charge in [0.25, 0.3) is 11.7 Å². The minimum Gasteiger partial charge on any atom is -0.396 e. The lowest BCUT2D eigenvalue weighted by Crippen LogP contribution is -2.04. The van der Waals surface area contributed by atoms with E-state index in [2.05, 4.69) is 25.5 Å². The van der Waals surface area contributed by atoms with Gasteiger partial charge in [0.15, 0.2) is 0 Å². The Kier molecular flexibility index (Phi) is 2.41. The second kappa shape index (κ2) is 3.72. The van der Waals surface area contributed by atoms with E-state index in [1.807, 2.05) is 0 Å². The first-order valence-electron chi connectivity index (χ1n) is 3.76. The highest BCUT2D eigenvalue weighted by Crippen LogP contribution is 2.13. The zero-order valence-corrected chi connectivity index (χ0v) is 7.85. The molecule has 2 aromatic heterocycles. The number of aliphatic hydroxyl groups excluding tert-OH is 1. The summed E-state index contributed by atoms with van der Waals surface area (Å²) in [6, 6.07) is 0. The lowest BCUT2D eigenvalue weighted by Gasteiger charge is -1.95. The number of thioether (sulfide) groups is 1. The second-order valence-electron chi connectivity index (χ2n) is 2.32. The van der Waals surface area contributed by atoms with Crippen LogP contribution in [-0.4, -0.2) is 47.5 Å². The molecule has 0 amide bonds. The van der Waals surface area contributed by atoms with E-state index in [9.17, 15) is 0 Å². The number of anilines is 1. The minimum atomic E-state index is 0.0585. The molecule has 0 aliphatic rings. The molecular weight excluding hydrogens is 206 g/mol. The van der Waals surface area contributed by atoms with Crippen LogP contribution in [0.25, 0.3) is 5.78 Å². The monoisotopic (exact) mass is 213 g/mol. The van der Waals surface area contributed by atoms with Crippen molar-refractivity contribution in [3.63, 3.8) is 0 Å². The smallest absolute Gasteiger partial charge is 0.291 e. The molecule has 0 saturated heterocycles. The number of nitrogens with two attached hydrogens (primary N) is 1. The van der Waals surface area contributed by atoms with Crippen LogP contribution >= 0.6 is 11.8 Å². The summed E-state index contributed by atoms with van der Waals surface area (Å²) in [6.45, 7) is 0.0631. The van der Waals surface area contributed by atoms with Crippen LogP contribution < -0.4 is 5.73 Å². The molecule has 9 heteroatoms. The summed E-state index contributed by atoms with van der Waals surface area (Å²) in [5.74, 6) is 0.868. The molecule has 2 rings (SSSR count). The highest BCUT2D eigenvalue weighted by molar-refractivity contribution is 7.99. The van der Waals surface area contributed by atoms with Crippen LogP contribution in [0.15, 0.2) is 5.16 Å². The van der Waals surface area contributed by atoms with Crippen LogP contribution in [0.4, 0.5) is 5.95 Å². The number of aliphatic hydroxyl groups is 1. The normalized spacial score (nSPS) is 10.9. The molecule has 0 saturated carbocycles. The highest BCUT2D eigenvalue weighted by Gasteiger charge is 2.08. The number of fused-ring (bicyclic) bond motifs is 1. The lowest BCUT2D eigenvalue weighted by molar-refractivity contribution is 0.322. The molecule has 0 atom stereocenters. The van der Waals surface area contributed by atoms with Crippen LogP contribution in [0.3, 0.4) is 0 Å². The molecule has 8 nitrogen and oxygen atoms in total. The van der Waals surface area contributed by atoms with Gasteiger partial charge in [-0.05, 0) is 0 Å². The molecule has 0 bridgehead atoms. The number of rotatable bonds is 3. The Morgan fingerprint density at radius 3 is 2.86 bits per heavy atom. The van der Waals surface area contributed by atoms with Crippen molar-refractivity contribution >= 4 is 23.5 Å². The van der Waals surface area contributed by atoms with Gasteiger partial charge in [-0.1, -0.05) is 11.8 Å². The summed E-state index contributed by atoms with van der Waals surface area (Å²) in [5, 5.41) is 27.8. The first-order valence-corrected chi connectivity index (χ1v) is 4.75. The van der Waals surface area contributed by atoms with Crippen molar-refractivity contribution in [3.05, 3.63) is 0 Å². The fraction of sp³-hybridized carbons (Fsp3) is 0.400. The zero-order valence-electron chi connectivity index (χ0n) is 7.03. The average molecular weight is 213 g/mol. The summed E-state index contributed by atoms with van der Waals surface area (Å²) < 4.78 is 1.39. The van der Waals surface area contributed by atoms with Crippen LogP contribution in [0.1, 0.15) is 0 Å². The molecule has 0 unspecified atom stereocenters. The number of hydrogen-bond acceptors (Lipinski definition) is 8. The van der Waals surface area contributed by atoms with Crippen molar-refractivity contribution in [1.29, 1.82) is 0 Å². The topological polar surface area (TPSA) is 115 Å². The third kappa shape index (κ3) is 1.59. The molecule has 0 aliphatic heterocycles. The Bertz CT molecular complexity index is 443. The number of nitrogens with zero attached hydrogens (tertiary/aromatic N) is 6. The molecule has 2 aromatic rings. The van der Waals surface area contributed by atoms with Gasteiger partial charge < -0.3 is 10.8 Å². The van der Waals surface area contributed by atoms with E-state index >= 15 is 0 Å². The van der Waals surface area contributed by atoms with Crippen molar-refractivity contribution in [2.45, 2.75) is 5.16 Å². The molecule has 0 aliphatic carbocycles. The van der Waals surface area contributed by atoms with Gasteiger partial charge in [-0.15, -0.1) is 25.5 Å². The van der Waals surface area contributed by atoms with Gasteiger partial charge in [-0.3, -0.25) is 0 Å². The standard InChI is InChI=1S/C5H7N7OS/c6-3-7-8-4-9-10-5(12(4)11-3)14-2-1-13/h13H,1-2H2,(H2,6,11). The first kappa shape index (κ1) is 9.09. The predicted octanol–water partition coefficient (Wildman–Crippen LogP) is -1.42. The molecule has 0 aromatic carbocycles. The van der Waals surface area contributed by atoms with E-state index in [0.29, 0.717) is 16.7 Å². The summed E-state index contributed by atoms with van der Waals surface area (Å²) in [5.41, 5.74) is 5.36. The third-order valence-corrected chi connectivity index (χ3v) is 2.26. The lowest BCUT2D eigenvalue weighted by atomic mass is 10.9. The van der Waals surface area contributed by atoms with Crippen molar-refractivity contribution in [3.8, 4) is 0 Å². The quantitative estimate of drug-likeness (QED) is 0.597. The number of aromatic nitrogens is 6. The van der Waals surface area contributed by atoms with Crippen LogP contribution in [0, 0.1) is 0 Å². The number of nitrogen functional groups attached to an aromatic ring is 1. The van der Waals surface area contributed by atoms with Crippen LogP contribution in [0.2, 0.25) is 0 Å². The van der Waals surface area contributed by atoms with E-state index in [1.165, 1.54) is 16.3 Å². The Balaban J connectivity index is 2.40. The Morgan fingerprint density at radius 2 is 2.07 bits per heavy atom. The van der Waals surface area contributed by atoms with E-state index in [4.69, 9.17) is 10.8 Å². The van der Waals surface area contributed by atoms with Crippen LogP contribution in [-0.2, 0) is 0 Å². The maximum atomic E-state index is 8.64. The van der Waals surface area contributed by atoms with Gasteiger partial charge in [-0.2, -0.15) is 4.52 Å². The summed E-state index contributed by atoms with van der Waals surface area (Å²) in [6.07, 6.45) is 0. The highest BCUT2D eigenvalue weighted by atomic mass is 32.2.